The van der Waals surface area contributed by atoms with Crippen LogP contribution in [0.4, 0.5) is 4.79 Å². The normalized spacial score (nSPS) is 22.1. The number of likely N-dealkylation sites (tertiary alicyclic amines) is 1. The summed E-state index contributed by atoms with van der Waals surface area (Å²) in [6, 6.07) is 0.640. The fraction of sp³-hybridized carbons (Fsp3) is 0.571. The molecule has 9 nitrogen and oxygen atoms in total. The Morgan fingerprint density at radius 2 is 2.09 bits per heavy atom. The average Bonchev–Trinajstić information content (AvgIpc) is 3.23. The molecule has 1 aromatic rings. The zero-order valence-electron chi connectivity index (χ0n) is 12.6. The van der Waals surface area contributed by atoms with Crippen molar-refractivity contribution in [2.24, 2.45) is 0 Å². The third-order valence-corrected chi connectivity index (χ3v) is 4.18. The SMILES string of the molecule is COC(=O)C1COC(=O)N1C1CCN(C(=O)c2ccno2)CC1. The van der Waals surface area contributed by atoms with E-state index in [9.17, 15) is 14.4 Å². The minimum Gasteiger partial charge on any atom is -0.467 e. The Labute approximate surface area is 132 Å². The zero-order chi connectivity index (χ0) is 16.4. The number of amides is 2. The Morgan fingerprint density at radius 3 is 2.70 bits per heavy atom. The molecule has 1 aromatic heterocycles. The molecule has 0 spiro atoms. The number of ether oxygens (including phenoxy) is 2. The van der Waals surface area contributed by atoms with Crippen molar-refractivity contribution in [3.8, 4) is 0 Å². The van der Waals surface area contributed by atoms with Crippen LogP contribution in [0.2, 0.25) is 0 Å². The molecule has 2 fully saturated rings. The summed E-state index contributed by atoms with van der Waals surface area (Å²) in [5.41, 5.74) is 0. The first kappa shape index (κ1) is 15.3. The van der Waals surface area contributed by atoms with Crippen LogP contribution >= 0.6 is 0 Å². The number of carbonyl (C=O) groups excluding carboxylic acids is 3. The molecule has 0 bridgehead atoms. The van der Waals surface area contributed by atoms with E-state index in [0.717, 1.165) is 0 Å². The van der Waals surface area contributed by atoms with Gasteiger partial charge in [-0.3, -0.25) is 9.69 Å². The molecule has 23 heavy (non-hydrogen) atoms. The van der Waals surface area contributed by atoms with Gasteiger partial charge in [0.1, 0.15) is 6.61 Å². The first-order chi connectivity index (χ1) is 11.1. The molecular formula is C14H17N3O6. The Kier molecular flexibility index (Phi) is 4.18. The number of methoxy groups -OCH3 is 1. The predicted molar refractivity (Wildman–Crippen MR) is 74.4 cm³/mol. The van der Waals surface area contributed by atoms with Gasteiger partial charge in [0, 0.05) is 25.2 Å². The van der Waals surface area contributed by atoms with E-state index in [1.54, 1.807) is 4.90 Å². The lowest BCUT2D eigenvalue weighted by Crippen LogP contribution is -2.51. The van der Waals surface area contributed by atoms with E-state index in [4.69, 9.17) is 14.0 Å². The van der Waals surface area contributed by atoms with Gasteiger partial charge in [-0.2, -0.15) is 0 Å². The van der Waals surface area contributed by atoms with Crippen molar-refractivity contribution < 1.29 is 28.4 Å². The fourth-order valence-corrected chi connectivity index (χ4v) is 2.98. The molecule has 0 aromatic carbocycles. The maximum absolute atomic E-state index is 12.2. The van der Waals surface area contributed by atoms with Crippen molar-refractivity contribution in [3.63, 3.8) is 0 Å². The summed E-state index contributed by atoms with van der Waals surface area (Å²) in [7, 11) is 1.28. The van der Waals surface area contributed by atoms with E-state index in [1.165, 1.54) is 24.3 Å². The van der Waals surface area contributed by atoms with Crippen LogP contribution in [0.1, 0.15) is 23.4 Å². The molecule has 2 amide bonds. The molecule has 1 unspecified atom stereocenters. The van der Waals surface area contributed by atoms with Gasteiger partial charge in [0.15, 0.2) is 6.04 Å². The number of hydrogen-bond acceptors (Lipinski definition) is 7. The second kappa shape index (κ2) is 6.27. The van der Waals surface area contributed by atoms with Crippen molar-refractivity contribution in [2.45, 2.75) is 24.9 Å². The minimum atomic E-state index is -0.714. The molecule has 0 N–H and O–H groups in total. The van der Waals surface area contributed by atoms with E-state index in [1.807, 2.05) is 0 Å². The van der Waals surface area contributed by atoms with Crippen LogP contribution in [0.25, 0.3) is 0 Å². The Bertz CT molecular complexity index is 594. The van der Waals surface area contributed by atoms with Gasteiger partial charge in [-0.25, -0.2) is 9.59 Å². The van der Waals surface area contributed by atoms with E-state index in [-0.39, 0.29) is 24.3 Å². The van der Waals surface area contributed by atoms with Gasteiger partial charge < -0.3 is 18.9 Å². The van der Waals surface area contributed by atoms with Gasteiger partial charge in [0.2, 0.25) is 5.76 Å². The monoisotopic (exact) mass is 323 g/mol. The summed E-state index contributed by atoms with van der Waals surface area (Å²) in [6.45, 7) is 0.923. The molecule has 0 radical (unpaired) electrons. The molecule has 3 rings (SSSR count). The molecule has 3 heterocycles. The van der Waals surface area contributed by atoms with E-state index in [0.29, 0.717) is 25.9 Å². The topological polar surface area (TPSA) is 102 Å². The standard InChI is InChI=1S/C14H17N3O6/c1-21-13(19)10-8-22-14(20)17(10)9-3-6-16(7-4-9)12(18)11-2-5-15-23-11/h2,5,9-10H,3-4,6-8H2,1H3. The second-order valence-corrected chi connectivity index (χ2v) is 5.42. The first-order valence-electron chi connectivity index (χ1n) is 7.34. The lowest BCUT2D eigenvalue weighted by atomic mass is 10.0. The Morgan fingerprint density at radius 1 is 1.35 bits per heavy atom. The second-order valence-electron chi connectivity index (χ2n) is 5.42. The molecule has 2 saturated heterocycles. The number of esters is 1. The summed E-state index contributed by atoms with van der Waals surface area (Å²) in [4.78, 5) is 38.9. The molecular weight excluding hydrogens is 306 g/mol. The summed E-state index contributed by atoms with van der Waals surface area (Å²) < 4.78 is 14.6. The van der Waals surface area contributed by atoms with Crippen LogP contribution in [-0.4, -0.2) is 71.8 Å². The van der Waals surface area contributed by atoms with Crippen LogP contribution in [-0.2, 0) is 14.3 Å². The zero-order valence-corrected chi connectivity index (χ0v) is 12.6. The van der Waals surface area contributed by atoms with Gasteiger partial charge >= 0.3 is 12.1 Å². The molecule has 2 aliphatic heterocycles. The summed E-state index contributed by atoms with van der Waals surface area (Å²) in [5, 5.41) is 3.52. The summed E-state index contributed by atoms with van der Waals surface area (Å²) in [6.07, 6.45) is 2.02. The highest BCUT2D eigenvalue weighted by atomic mass is 16.6. The predicted octanol–water partition coefficient (Wildman–Crippen LogP) is 0.273. The van der Waals surface area contributed by atoms with E-state index >= 15 is 0 Å². The maximum Gasteiger partial charge on any atom is 0.410 e. The number of cyclic esters (lactones) is 1. The number of carbonyl (C=O) groups is 3. The third-order valence-electron chi connectivity index (χ3n) is 4.18. The summed E-state index contributed by atoms with van der Waals surface area (Å²) in [5.74, 6) is -0.526. The molecule has 124 valence electrons. The van der Waals surface area contributed by atoms with Crippen molar-refractivity contribution in [1.29, 1.82) is 0 Å². The number of aromatic nitrogens is 1. The van der Waals surface area contributed by atoms with Crippen molar-refractivity contribution in [3.05, 3.63) is 18.0 Å². The van der Waals surface area contributed by atoms with E-state index < -0.39 is 18.1 Å². The van der Waals surface area contributed by atoms with Gasteiger partial charge in [-0.15, -0.1) is 0 Å². The van der Waals surface area contributed by atoms with Gasteiger partial charge in [0.25, 0.3) is 5.91 Å². The third kappa shape index (κ3) is 2.86. The molecule has 2 aliphatic rings. The lowest BCUT2D eigenvalue weighted by Gasteiger charge is -2.36. The van der Waals surface area contributed by atoms with Crippen molar-refractivity contribution >= 4 is 18.0 Å². The fourth-order valence-electron chi connectivity index (χ4n) is 2.98. The maximum atomic E-state index is 12.2. The highest BCUT2D eigenvalue weighted by Gasteiger charge is 2.44. The Balaban J connectivity index is 1.63. The number of rotatable bonds is 3. The van der Waals surface area contributed by atoms with Crippen molar-refractivity contribution in [1.82, 2.24) is 15.0 Å². The number of hydrogen-bond donors (Lipinski definition) is 0. The number of piperidine rings is 1. The van der Waals surface area contributed by atoms with Crippen LogP contribution < -0.4 is 0 Å². The molecule has 0 aliphatic carbocycles. The van der Waals surface area contributed by atoms with Crippen LogP contribution in [0, 0.1) is 0 Å². The molecule has 1 atom stereocenters. The Hall–Kier alpha value is -2.58. The quantitative estimate of drug-likeness (QED) is 0.736. The lowest BCUT2D eigenvalue weighted by molar-refractivity contribution is -0.145. The molecule has 9 heteroatoms. The summed E-state index contributed by atoms with van der Waals surface area (Å²) >= 11 is 0. The van der Waals surface area contributed by atoms with E-state index in [2.05, 4.69) is 5.16 Å². The highest BCUT2D eigenvalue weighted by Crippen LogP contribution is 2.25. The van der Waals surface area contributed by atoms with Crippen LogP contribution in [0.3, 0.4) is 0 Å². The minimum absolute atomic E-state index is 0.00269. The van der Waals surface area contributed by atoms with Crippen molar-refractivity contribution in [2.75, 3.05) is 26.8 Å². The van der Waals surface area contributed by atoms with Gasteiger partial charge in [-0.1, -0.05) is 5.16 Å². The highest BCUT2D eigenvalue weighted by molar-refractivity contribution is 5.91. The van der Waals surface area contributed by atoms with Crippen LogP contribution in [0.5, 0.6) is 0 Å². The molecule has 0 saturated carbocycles. The first-order valence-corrected chi connectivity index (χ1v) is 7.34. The van der Waals surface area contributed by atoms with Gasteiger partial charge in [0.05, 0.1) is 13.3 Å². The number of nitrogens with zero attached hydrogens (tertiary/aromatic N) is 3. The van der Waals surface area contributed by atoms with Crippen LogP contribution in [0.15, 0.2) is 16.8 Å². The average molecular weight is 323 g/mol. The smallest absolute Gasteiger partial charge is 0.410 e. The van der Waals surface area contributed by atoms with Gasteiger partial charge in [-0.05, 0) is 12.8 Å². The largest absolute Gasteiger partial charge is 0.467 e.